The fourth-order valence-corrected chi connectivity index (χ4v) is 9.77. The summed E-state index contributed by atoms with van der Waals surface area (Å²) >= 11 is 0. The lowest BCUT2D eigenvalue weighted by atomic mass is 9.43. The lowest BCUT2D eigenvalue weighted by molar-refractivity contribution is -0.192. The zero-order chi connectivity index (χ0) is 25.1. The predicted octanol–water partition coefficient (Wildman–Crippen LogP) is 5.13. The van der Waals surface area contributed by atoms with E-state index in [2.05, 4.69) is 20.8 Å². The SMILES string of the molecule is C[C@H](CCCO)C1CC[C@H]2C3CC[C@H]4C[C@H](OCCCN)CCC4(C)[C@H]3C[C@H](OCCCN)C12C. The van der Waals surface area contributed by atoms with E-state index in [-0.39, 0.29) is 5.41 Å². The zero-order valence-electron chi connectivity index (χ0n) is 23.1. The van der Waals surface area contributed by atoms with Gasteiger partial charge in [0.15, 0.2) is 0 Å². The first kappa shape index (κ1) is 27.8. The largest absolute Gasteiger partial charge is 0.396 e. The third-order valence-electron chi connectivity index (χ3n) is 11.6. The Labute approximate surface area is 215 Å². The van der Waals surface area contributed by atoms with Gasteiger partial charge < -0.3 is 26.0 Å². The highest BCUT2D eigenvalue weighted by molar-refractivity contribution is 5.13. The summed E-state index contributed by atoms with van der Waals surface area (Å²) in [4.78, 5) is 0. The summed E-state index contributed by atoms with van der Waals surface area (Å²) < 4.78 is 13.1. The van der Waals surface area contributed by atoms with Gasteiger partial charge in [0.05, 0.1) is 12.2 Å². The van der Waals surface area contributed by atoms with Crippen LogP contribution in [0.3, 0.4) is 0 Å². The van der Waals surface area contributed by atoms with Crippen molar-refractivity contribution in [2.75, 3.05) is 32.9 Å². The zero-order valence-corrected chi connectivity index (χ0v) is 23.1. The second kappa shape index (κ2) is 12.1. The van der Waals surface area contributed by atoms with Crippen LogP contribution in [-0.2, 0) is 9.47 Å². The molecule has 35 heavy (non-hydrogen) atoms. The van der Waals surface area contributed by atoms with Crippen LogP contribution in [-0.4, -0.2) is 50.2 Å². The maximum absolute atomic E-state index is 9.47. The van der Waals surface area contributed by atoms with E-state index in [1.807, 2.05) is 0 Å². The third-order valence-corrected chi connectivity index (χ3v) is 11.6. The van der Waals surface area contributed by atoms with Crippen molar-refractivity contribution in [2.45, 2.75) is 110 Å². The van der Waals surface area contributed by atoms with Gasteiger partial charge in [0, 0.05) is 19.8 Å². The summed E-state index contributed by atoms with van der Waals surface area (Å²) in [5.74, 6) is 4.55. The number of fused-ring (bicyclic) bond motifs is 5. The minimum Gasteiger partial charge on any atom is -0.396 e. The molecule has 0 aromatic heterocycles. The number of hydrogen-bond acceptors (Lipinski definition) is 5. The predicted molar refractivity (Wildman–Crippen MR) is 143 cm³/mol. The summed E-state index contributed by atoms with van der Waals surface area (Å²) in [6, 6.07) is 0. The van der Waals surface area contributed by atoms with Gasteiger partial charge in [-0.05, 0) is 136 Å². The molecule has 0 aromatic carbocycles. The Hall–Kier alpha value is -0.200. The summed E-state index contributed by atoms with van der Waals surface area (Å²) in [6.07, 6.45) is 15.3. The molecule has 0 radical (unpaired) electrons. The highest BCUT2D eigenvalue weighted by Crippen LogP contribution is 2.69. The fraction of sp³-hybridized carbons (Fsp3) is 1.00. The second-order valence-corrected chi connectivity index (χ2v) is 13.2. The Morgan fingerprint density at radius 1 is 0.886 bits per heavy atom. The Kier molecular flexibility index (Phi) is 9.63. The van der Waals surface area contributed by atoms with Crippen LogP contribution in [0.5, 0.6) is 0 Å². The molecule has 0 amide bonds. The molecule has 4 aliphatic carbocycles. The van der Waals surface area contributed by atoms with Crippen LogP contribution in [0.15, 0.2) is 0 Å². The molecule has 0 aliphatic heterocycles. The van der Waals surface area contributed by atoms with Crippen LogP contribution >= 0.6 is 0 Å². The molecule has 0 saturated heterocycles. The molecule has 4 saturated carbocycles. The molecular formula is C30H56N2O3. The topological polar surface area (TPSA) is 90.7 Å². The average molecular weight is 493 g/mol. The summed E-state index contributed by atoms with van der Waals surface area (Å²) in [7, 11) is 0. The van der Waals surface area contributed by atoms with E-state index in [9.17, 15) is 5.11 Å². The maximum atomic E-state index is 9.47. The Bertz CT molecular complexity index is 662. The van der Waals surface area contributed by atoms with Crippen LogP contribution < -0.4 is 11.5 Å². The van der Waals surface area contributed by atoms with E-state index in [4.69, 9.17) is 20.9 Å². The van der Waals surface area contributed by atoms with E-state index >= 15 is 0 Å². The van der Waals surface area contributed by atoms with Gasteiger partial charge in [-0.25, -0.2) is 0 Å². The maximum Gasteiger partial charge on any atom is 0.0637 e. The first-order chi connectivity index (χ1) is 16.9. The number of rotatable bonds is 12. The minimum atomic E-state index is 0.260. The molecule has 0 bridgehead atoms. The quantitative estimate of drug-likeness (QED) is 0.329. The Morgan fingerprint density at radius 3 is 2.34 bits per heavy atom. The van der Waals surface area contributed by atoms with Crippen molar-refractivity contribution >= 4 is 0 Å². The first-order valence-electron chi connectivity index (χ1n) is 15.1. The van der Waals surface area contributed by atoms with Gasteiger partial charge in [0.2, 0.25) is 0 Å². The molecule has 5 N–H and O–H groups in total. The van der Waals surface area contributed by atoms with E-state index in [0.29, 0.717) is 42.6 Å². The molecule has 0 aromatic rings. The Balaban J connectivity index is 1.53. The number of aliphatic hydroxyl groups excluding tert-OH is 1. The van der Waals surface area contributed by atoms with Crippen LogP contribution in [0.1, 0.15) is 97.8 Å². The first-order valence-corrected chi connectivity index (χ1v) is 15.1. The van der Waals surface area contributed by atoms with Gasteiger partial charge in [0.25, 0.3) is 0 Å². The number of aliphatic hydroxyl groups is 1. The van der Waals surface area contributed by atoms with Crippen LogP contribution in [0.4, 0.5) is 0 Å². The average Bonchev–Trinajstić information content (AvgIpc) is 3.21. The molecular weight excluding hydrogens is 436 g/mol. The van der Waals surface area contributed by atoms with Gasteiger partial charge in [-0.15, -0.1) is 0 Å². The molecule has 0 spiro atoms. The summed E-state index contributed by atoms with van der Waals surface area (Å²) in [5, 5.41) is 9.47. The smallest absolute Gasteiger partial charge is 0.0637 e. The van der Waals surface area contributed by atoms with Gasteiger partial charge in [-0.1, -0.05) is 20.8 Å². The van der Waals surface area contributed by atoms with Gasteiger partial charge in [-0.2, -0.15) is 0 Å². The van der Waals surface area contributed by atoms with E-state index in [1.54, 1.807) is 0 Å². The number of nitrogens with two attached hydrogens (primary N) is 2. The monoisotopic (exact) mass is 492 g/mol. The van der Waals surface area contributed by atoms with Crippen molar-refractivity contribution in [1.29, 1.82) is 0 Å². The van der Waals surface area contributed by atoms with Crippen LogP contribution in [0.2, 0.25) is 0 Å². The molecule has 4 unspecified atom stereocenters. The van der Waals surface area contributed by atoms with E-state index in [1.165, 1.54) is 51.4 Å². The molecule has 5 nitrogen and oxygen atoms in total. The molecule has 4 fully saturated rings. The highest BCUT2D eigenvalue weighted by atomic mass is 16.5. The van der Waals surface area contributed by atoms with Crippen molar-refractivity contribution in [3.05, 3.63) is 0 Å². The van der Waals surface area contributed by atoms with Crippen LogP contribution in [0.25, 0.3) is 0 Å². The molecule has 5 heteroatoms. The van der Waals surface area contributed by atoms with Gasteiger partial charge in [-0.3, -0.25) is 0 Å². The van der Waals surface area contributed by atoms with Crippen molar-refractivity contribution in [3.8, 4) is 0 Å². The second-order valence-electron chi connectivity index (χ2n) is 13.2. The van der Waals surface area contributed by atoms with Gasteiger partial charge >= 0.3 is 0 Å². The molecule has 204 valence electrons. The molecule has 10 atom stereocenters. The standard InChI is InChI=1S/C30H56N2O3/c1-21(7-4-16-33)25-10-11-26-24-9-8-22-19-23(34-17-5-14-31)12-13-29(22,2)27(24)20-28(30(25,26)3)35-18-6-15-32/h21-28,33H,4-20,31-32H2,1-3H3/t21-,22+,23-,24?,25?,26+,27+,28+,29?,30?/m1/s1. The Morgan fingerprint density at radius 2 is 1.63 bits per heavy atom. The minimum absolute atomic E-state index is 0.260. The van der Waals surface area contributed by atoms with E-state index in [0.717, 1.165) is 69.1 Å². The molecule has 4 rings (SSSR count). The van der Waals surface area contributed by atoms with Gasteiger partial charge in [0.1, 0.15) is 0 Å². The lowest BCUT2D eigenvalue weighted by Crippen LogP contribution is -2.59. The lowest BCUT2D eigenvalue weighted by Gasteiger charge is -2.63. The fourth-order valence-electron chi connectivity index (χ4n) is 9.77. The van der Waals surface area contributed by atoms with Crippen molar-refractivity contribution in [2.24, 2.45) is 57.8 Å². The normalized spacial score (nSPS) is 43.9. The molecule has 0 heterocycles. The van der Waals surface area contributed by atoms with E-state index < -0.39 is 0 Å². The number of hydrogen-bond donors (Lipinski definition) is 3. The van der Waals surface area contributed by atoms with Crippen molar-refractivity contribution in [3.63, 3.8) is 0 Å². The van der Waals surface area contributed by atoms with Crippen LogP contribution in [0, 0.1) is 46.3 Å². The van der Waals surface area contributed by atoms with Crippen molar-refractivity contribution in [1.82, 2.24) is 0 Å². The summed E-state index contributed by atoms with van der Waals surface area (Å²) in [5.41, 5.74) is 12.2. The highest BCUT2D eigenvalue weighted by Gasteiger charge is 2.64. The summed E-state index contributed by atoms with van der Waals surface area (Å²) in [6.45, 7) is 11.1. The van der Waals surface area contributed by atoms with Crippen molar-refractivity contribution < 1.29 is 14.6 Å². The third kappa shape index (κ3) is 5.37. The molecule has 4 aliphatic rings. The number of ether oxygens (including phenoxy) is 2.